The Hall–Kier alpha value is -0.390. The second-order valence-corrected chi connectivity index (χ2v) is 7.41. The third-order valence-corrected chi connectivity index (χ3v) is 4.09. The molecule has 0 saturated carbocycles. The Morgan fingerprint density at radius 2 is 2.24 bits per heavy atom. The molecule has 1 aromatic rings. The van der Waals surface area contributed by atoms with Crippen LogP contribution in [0, 0.1) is 5.41 Å². The summed E-state index contributed by atoms with van der Waals surface area (Å²) < 4.78 is 1.15. The first kappa shape index (κ1) is 14.7. The van der Waals surface area contributed by atoms with Crippen LogP contribution >= 0.6 is 27.3 Å². The SMILES string of the molecule is CC(C)(CNCCc1ccc(Br)s1)CC(=O)O. The monoisotopic (exact) mass is 319 g/mol. The fraction of sp³-hybridized carbons (Fsp3) is 0.583. The summed E-state index contributed by atoms with van der Waals surface area (Å²) >= 11 is 5.17. The van der Waals surface area contributed by atoms with Crippen LogP contribution in [-0.4, -0.2) is 24.2 Å². The molecule has 0 atom stereocenters. The van der Waals surface area contributed by atoms with E-state index in [-0.39, 0.29) is 11.8 Å². The molecule has 1 aromatic heterocycles. The second-order valence-electron chi connectivity index (χ2n) is 4.87. The summed E-state index contributed by atoms with van der Waals surface area (Å²) in [5.41, 5.74) is -0.193. The highest BCUT2D eigenvalue weighted by Crippen LogP contribution is 2.22. The number of carboxylic acids is 1. The Bertz CT molecular complexity index is 376. The number of hydrogen-bond donors (Lipinski definition) is 2. The summed E-state index contributed by atoms with van der Waals surface area (Å²) in [5, 5.41) is 12.1. The number of nitrogens with one attached hydrogen (secondary N) is 1. The van der Waals surface area contributed by atoms with Crippen molar-refractivity contribution < 1.29 is 9.90 Å². The second kappa shape index (κ2) is 6.52. The molecule has 2 N–H and O–H groups in total. The van der Waals surface area contributed by atoms with Gasteiger partial charge in [-0.05, 0) is 46.4 Å². The van der Waals surface area contributed by atoms with Gasteiger partial charge in [0.25, 0.3) is 0 Å². The van der Waals surface area contributed by atoms with Gasteiger partial charge in [0.1, 0.15) is 0 Å². The summed E-state index contributed by atoms with van der Waals surface area (Å²) in [5.74, 6) is -0.737. The molecule has 5 heteroatoms. The van der Waals surface area contributed by atoms with Crippen molar-refractivity contribution in [3.8, 4) is 0 Å². The number of carboxylic acid groups (broad SMARTS) is 1. The highest BCUT2D eigenvalue weighted by atomic mass is 79.9. The molecule has 17 heavy (non-hydrogen) atoms. The van der Waals surface area contributed by atoms with E-state index < -0.39 is 5.97 Å². The topological polar surface area (TPSA) is 49.3 Å². The van der Waals surface area contributed by atoms with Gasteiger partial charge in [0.05, 0.1) is 10.2 Å². The number of hydrogen-bond acceptors (Lipinski definition) is 3. The van der Waals surface area contributed by atoms with Crippen molar-refractivity contribution in [1.82, 2.24) is 5.32 Å². The standard InChI is InChI=1S/C12H18BrNO2S/c1-12(2,7-11(15)16)8-14-6-5-9-3-4-10(13)17-9/h3-4,14H,5-8H2,1-2H3,(H,15,16). The van der Waals surface area contributed by atoms with Crippen molar-refractivity contribution in [3.63, 3.8) is 0 Å². The van der Waals surface area contributed by atoms with Gasteiger partial charge in [-0.15, -0.1) is 11.3 Å². The number of halogens is 1. The van der Waals surface area contributed by atoms with Gasteiger partial charge in [-0.1, -0.05) is 13.8 Å². The average molecular weight is 320 g/mol. The molecule has 0 spiro atoms. The zero-order valence-electron chi connectivity index (χ0n) is 10.1. The predicted molar refractivity (Wildman–Crippen MR) is 74.6 cm³/mol. The van der Waals surface area contributed by atoms with Crippen LogP contribution in [0.3, 0.4) is 0 Å². The largest absolute Gasteiger partial charge is 0.481 e. The molecule has 0 aliphatic carbocycles. The van der Waals surface area contributed by atoms with Gasteiger partial charge in [-0.3, -0.25) is 4.79 Å². The molecular weight excluding hydrogens is 302 g/mol. The van der Waals surface area contributed by atoms with Gasteiger partial charge in [0.15, 0.2) is 0 Å². The predicted octanol–water partition coefficient (Wildman–Crippen LogP) is 3.14. The zero-order valence-corrected chi connectivity index (χ0v) is 12.5. The van der Waals surface area contributed by atoms with Gasteiger partial charge in [0, 0.05) is 11.4 Å². The molecule has 3 nitrogen and oxygen atoms in total. The molecule has 0 aromatic carbocycles. The first-order valence-electron chi connectivity index (χ1n) is 5.56. The Labute approximate surface area is 114 Å². The van der Waals surface area contributed by atoms with Crippen LogP contribution in [0.25, 0.3) is 0 Å². The first-order valence-corrected chi connectivity index (χ1v) is 7.17. The zero-order chi connectivity index (χ0) is 12.9. The van der Waals surface area contributed by atoms with Crippen molar-refractivity contribution in [2.24, 2.45) is 5.41 Å². The normalized spacial score (nSPS) is 11.7. The lowest BCUT2D eigenvalue weighted by molar-refractivity contribution is -0.139. The summed E-state index contributed by atoms with van der Waals surface area (Å²) in [7, 11) is 0. The van der Waals surface area contributed by atoms with Crippen LogP contribution in [0.15, 0.2) is 15.9 Å². The van der Waals surface area contributed by atoms with E-state index >= 15 is 0 Å². The van der Waals surface area contributed by atoms with Crippen LogP contribution in [0.2, 0.25) is 0 Å². The van der Waals surface area contributed by atoms with Crippen LogP contribution < -0.4 is 5.32 Å². The third kappa shape index (κ3) is 6.19. The highest BCUT2D eigenvalue weighted by Gasteiger charge is 2.20. The van der Waals surface area contributed by atoms with E-state index in [1.807, 2.05) is 19.9 Å². The van der Waals surface area contributed by atoms with Crippen molar-refractivity contribution in [3.05, 3.63) is 20.8 Å². The van der Waals surface area contributed by atoms with Gasteiger partial charge in [0.2, 0.25) is 0 Å². The first-order chi connectivity index (χ1) is 7.89. The fourth-order valence-electron chi connectivity index (χ4n) is 1.60. The molecule has 0 aliphatic rings. The lowest BCUT2D eigenvalue weighted by atomic mass is 9.89. The quantitative estimate of drug-likeness (QED) is 0.759. The lowest BCUT2D eigenvalue weighted by Crippen LogP contribution is -2.32. The molecule has 0 bridgehead atoms. The van der Waals surface area contributed by atoms with Crippen molar-refractivity contribution in [2.75, 3.05) is 13.1 Å². The van der Waals surface area contributed by atoms with E-state index in [2.05, 4.69) is 27.3 Å². The van der Waals surface area contributed by atoms with E-state index in [1.54, 1.807) is 11.3 Å². The molecule has 0 radical (unpaired) electrons. The summed E-state index contributed by atoms with van der Waals surface area (Å²) in [6, 6.07) is 4.16. The molecule has 1 rings (SSSR count). The Morgan fingerprint density at radius 3 is 2.76 bits per heavy atom. The van der Waals surface area contributed by atoms with Crippen LogP contribution in [-0.2, 0) is 11.2 Å². The lowest BCUT2D eigenvalue weighted by Gasteiger charge is -2.22. The van der Waals surface area contributed by atoms with Crippen LogP contribution in [0.1, 0.15) is 25.1 Å². The maximum Gasteiger partial charge on any atom is 0.303 e. The van der Waals surface area contributed by atoms with Crippen molar-refractivity contribution in [1.29, 1.82) is 0 Å². The summed E-state index contributed by atoms with van der Waals surface area (Å²) in [4.78, 5) is 12.0. The van der Waals surface area contributed by atoms with Gasteiger partial charge >= 0.3 is 5.97 Å². The third-order valence-electron chi connectivity index (χ3n) is 2.41. The van der Waals surface area contributed by atoms with E-state index in [0.29, 0.717) is 0 Å². The summed E-state index contributed by atoms with van der Waals surface area (Å²) in [6.45, 7) is 5.55. The summed E-state index contributed by atoms with van der Waals surface area (Å²) in [6.07, 6.45) is 1.18. The molecule has 0 amide bonds. The number of carbonyl (C=O) groups is 1. The average Bonchev–Trinajstić information content (AvgIpc) is 2.57. The minimum absolute atomic E-state index is 0.193. The minimum atomic E-state index is -0.737. The number of aliphatic carboxylic acids is 1. The van der Waals surface area contributed by atoms with E-state index in [0.717, 1.165) is 23.3 Å². The Balaban J connectivity index is 2.21. The molecule has 0 fully saturated rings. The van der Waals surface area contributed by atoms with Crippen molar-refractivity contribution in [2.45, 2.75) is 26.7 Å². The fourth-order valence-corrected chi connectivity index (χ4v) is 3.08. The van der Waals surface area contributed by atoms with Gasteiger partial charge in [-0.25, -0.2) is 0 Å². The highest BCUT2D eigenvalue weighted by molar-refractivity contribution is 9.11. The van der Waals surface area contributed by atoms with E-state index in [9.17, 15) is 4.79 Å². The van der Waals surface area contributed by atoms with Crippen LogP contribution in [0.5, 0.6) is 0 Å². The van der Waals surface area contributed by atoms with Gasteiger partial charge in [-0.2, -0.15) is 0 Å². The molecule has 1 heterocycles. The maximum absolute atomic E-state index is 10.6. The van der Waals surface area contributed by atoms with Crippen LogP contribution in [0.4, 0.5) is 0 Å². The molecule has 0 aliphatic heterocycles. The molecule has 0 saturated heterocycles. The van der Waals surface area contributed by atoms with E-state index in [1.165, 1.54) is 4.88 Å². The minimum Gasteiger partial charge on any atom is -0.481 e. The molecule has 96 valence electrons. The smallest absolute Gasteiger partial charge is 0.303 e. The Kier molecular flexibility index (Phi) is 5.62. The van der Waals surface area contributed by atoms with Gasteiger partial charge < -0.3 is 10.4 Å². The number of thiophene rings is 1. The van der Waals surface area contributed by atoms with E-state index in [4.69, 9.17) is 5.11 Å². The number of rotatable bonds is 7. The molecular formula is C12H18BrNO2S. The maximum atomic E-state index is 10.6. The molecule has 0 unspecified atom stereocenters. The van der Waals surface area contributed by atoms with Crippen molar-refractivity contribution >= 4 is 33.2 Å². The Morgan fingerprint density at radius 1 is 1.53 bits per heavy atom.